The van der Waals surface area contributed by atoms with Gasteiger partial charge in [0, 0.05) is 0 Å². The molecule has 1 heterocycles. The van der Waals surface area contributed by atoms with Crippen molar-refractivity contribution in [2.75, 3.05) is 0 Å². The fourth-order valence-corrected chi connectivity index (χ4v) is 2.46. The van der Waals surface area contributed by atoms with Crippen LogP contribution in [0.4, 0.5) is 0 Å². The van der Waals surface area contributed by atoms with E-state index in [1.54, 1.807) is 12.1 Å². The lowest BCUT2D eigenvalue weighted by atomic mass is 10.1. The van der Waals surface area contributed by atoms with Crippen LogP contribution in [0, 0.1) is 13.8 Å². The van der Waals surface area contributed by atoms with Gasteiger partial charge < -0.3 is 4.98 Å². The van der Waals surface area contributed by atoms with E-state index in [0.717, 1.165) is 11.1 Å². The molecule has 3 aromatic rings. The van der Waals surface area contributed by atoms with Crippen molar-refractivity contribution in [2.45, 2.75) is 13.8 Å². The summed E-state index contributed by atoms with van der Waals surface area (Å²) in [6.07, 6.45) is 0. The highest BCUT2D eigenvalue weighted by molar-refractivity contribution is 5.81. The molecule has 1 aromatic heterocycles. The van der Waals surface area contributed by atoms with Gasteiger partial charge >= 0.3 is 5.69 Å². The van der Waals surface area contributed by atoms with Crippen molar-refractivity contribution < 1.29 is 0 Å². The molecule has 0 unspecified atom stereocenters. The highest BCUT2D eigenvalue weighted by Gasteiger charge is 2.12. The van der Waals surface area contributed by atoms with Gasteiger partial charge in [0.15, 0.2) is 0 Å². The summed E-state index contributed by atoms with van der Waals surface area (Å²) in [6, 6.07) is 12.8. The summed E-state index contributed by atoms with van der Waals surface area (Å²) >= 11 is 0. The number of H-pyrrole nitrogens is 1. The molecule has 20 heavy (non-hydrogen) atoms. The molecule has 100 valence electrons. The Morgan fingerprint density at radius 1 is 0.900 bits per heavy atom. The van der Waals surface area contributed by atoms with Gasteiger partial charge in [-0.2, -0.15) is 0 Å². The molecule has 0 aliphatic carbocycles. The lowest BCUT2D eigenvalue weighted by Gasteiger charge is -2.10. The monoisotopic (exact) mass is 266 g/mol. The third-order valence-electron chi connectivity index (χ3n) is 3.49. The second kappa shape index (κ2) is 4.49. The van der Waals surface area contributed by atoms with Crippen molar-refractivity contribution >= 4 is 10.9 Å². The van der Waals surface area contributed by atoms with Crippen LogP contribution < -0.4 is 11.2 Å². The SMILES string of the molecule is Cc1ccccc1-n1c(=O)[nH]c2cccc(C)c2c1=O. The normalized spacial score (nSPS) is 10.9. The number of aromatic nitrogens is 2. The minimum absolute atomic E-state index is 0.281. The molecule has 4 nitrogen and oxygen atoms in total. The predicted molar refractivity (Wildman–Crippen MR) is 79.6 cm³/mol. The van der Waals surface area contributed by atoms with Gasteiger partial charge in [-0.3, -0.25) is 4.79 Å². The average molecular weight is 266 g/mol. The van der Waals surface area contributed by atoms with Crippen LogP contribution in [0.15, 0.2) is 52.1 Å². The van der Waals surface area contributed by atoms with Crippen molar-refractivity contribution in [3.63, 3.8) is 0 Å². The largest absolute Gasteiger partial charge is 0.333 e. The third-order valence-corrected chi connectivity index (χ3v) is 3.49. The van der Waals surface area contributed by atoms with E-state index in [-0.39, 0.29) is 5.56 Å². The van der Waals surface area contributed by atoms with Crippen molar-refractivity contribution in [1.29, 1.82) is 0 Å². The number of aryl methyl sites for hydroxylation is 2. The van der Waals surface area contributed by atoms with Gasteiger partial charge in [0.2, 0.25) is 0 Å². The number of nitrogens with zero attached hydrogens (tertiary/aromatic N) is 1. The van der Waals surface area contributed by atoms with E-state index in [2.05, 4.69) is 4.98 Å². The second-order valence-corrected chi connectivity index (χ2v) is 4.85. The molecule has 0 amide bonds. The summed E-state index contributed by atoms with van der Waals surface area (Å²) in [5.41, 5.74) is 2.23. The molecule has 3 rings (SSSR count). The number of para-hydroxylation sites is 1. The van der Waals surface area contributed by atoms with Gasteiger partial charge in [0.25, 0.3) is 5.56 Å². The zero-order valence-electron chi connectivity index (χ0n) is 11.3. The fraction of sp³-hybridized carbons (Fsp3) is 0.125. The first-order valence-corrected chi connectivity index (χ1v) is 6.40. The number of hydrogen-bond donors (Lipinski definition) is 1. The van der Waals surface area contributed by atoms with E-state index in [1.807, 2.05) is 44.2 Å². The number of nitrogens with one attached hydrogen (secondary N) is 1. The zero-order valence-corrected chi connectivity index (χ0v) is 11.3. The lowest BCUT2D eigenvalue weighted by molar-refractivity contribution is 0.892. The van der Waals surface area contributed by atoms with Gasteiger partial charge in [-0.05, 0) is 37.1 Å². The van der Waals surface area contributed by atoms with Crippen molar-refractivity contribution in [3.8, 4) is 5.69 Å². The molecule has 2 aromatic carbocycles. The maximum Gasteiger partial charge on any atom is 0.333 e. The highest BCUT2D eigenvalue weighted by atomic mass is 16.2. The molecule has 0 aliphatic rings. The second-order valence-electron chi connectivity index (χ2n) is 4.85. The minimum atomic E-state index is -0.414. The number of hydrogen-bond acceptors (Lipinski definition) is 2. The van der Waals surface area contributed by atoms with Crippen LogP contribution in [0.25, 0.3) is 16.6 Å². The molecule has 1 N–H and O–H groups in total. The maximum atomic E-state index is 12.7. The zero-order chi connectivity index (χ0) is 14.3. The summed E-state index contributed by atoms with van der Waals surface area (Å²) in [4.78, 5) is 27.7. The number of rotatable bonds is 1. The van der Waals surface area contributed by atoms with E-state index < -0.39 is 5.69 Å². The topological polar surface area (TPSA) is 54.9 Å². The molecule has 0 radical (unpaired) electrons. The summed E-state index contributed by atoms with van der Waals surface area (Å²) in [7, 11) is 0. The quantitative estimate of drug-likeness (QED) is 0.734. The van der Waals surface area contributed by atoms with Crippen molar-refractivity contribution in [1.82, 2.24) is 9.55 Å². The lowest BCUT2D eigenvalue weighted by Crippen LogP contribution is -2.34. The first kappa shape index (κ1) is 12.4. The van der Waals surface area contributed by atoms with Gasteiger partial charge in [-0.15, -0.1) is 0 Å². The van der Waals surface area contributed by atoms with Crippen molar-refractivity contribution in [2.24, 2.45) is 0 Å². The van der Waals surface area contributed by atoms with Gasteiger partial charge in [0.05, 0.1) is 16.6 Å². The van der Waals surface area contributed by atoms with E-state index in [0.29, 0.717) is 16.6 Å². The molecule has 0 atom stereocenters. The molecular formula is C16H14N2O2. The first-order chi connectivity index (χ1) is 9.59. The highest BCUT2D eigenvalue weighted by Crippen LogP contribution is 2.13. The Morgan fingerprint density at radius 2 is 1.60 bits per heavy atom. The predicted octanol–water partition coefficient (Wildman–Crippen LogP) is 2.30. The van der Waals surface area contributed by atoms with E-state index in [4.69, 9.17) is 0 Å². The summed E-state index contributed by atoms with van der Waals surface area (Å²) in [6.45, 7) is 3.74. The number of benzene rings is 2. The van der Waals surface area contributed by atoms with E-state index >= 15 is 0 Å². The summed E-state index contributed by atoms with van der Waals surface area (Å²) < 4.78 is 1.20. The Bertz CT molecular complexity index is 920. The standard InChI is InChI=1S/C16H14N2O2/c1-10-6-3-4-9-13(10)18-15(19)14-11(2)7-5-8-12(14)17-16(18)20/h3-9H,1-2H3,(H,17,20). The average Bonchev–Trinajstić information content (AvgIpc) is 2.40. The maximum absolute atomic E-state index is 12.7. The van der Waals surface area contributed by atoms with Crippen LogP contribution in [0.3, 0.4) is 0 Å². The smallest absolute Gasteiger partial charge is 0.306 e. The Labute approximate surface area is 115 Å². The van der Waals surface area contributed by atoms with Crippen molar-refractivity contribution in [3.05, 3.63) is 74.4 Å². The van der Waals surface area contributed by atoms with Gasteiger partial charge in [-0.25, -0.2) is 9.36 Å². The van der Waals surface area contributed by atoms with Crippen LogP contribution >= 0.6 is 0 Å². The number of aromatic amines is 1. The molecule has 0 saturated carbocycles. The van der Waals surface area contributed by atoms with E-state index in [9.17, 15) is 9.59 Å². The van der Waals surface area contributed by atoms with Gasteiger partial charge in [0.1, 0.15) is 0 Å². The fourth-order valence-electron chi connectivity index (χ4n) is 2.46. The van der Waals surface area contributed by atoms with Gasteiger partial charge in [-0.1, -0.05) is 30.3 Å². The van der Waals surface area contributed by atoms with Crippen LogP contribution in [0.5, 0.6) is 0 Å². The van der Waals surface area contributed by atoms with E-state index in [1.165, 1.54) is 4.57 Å². The Hall–Kier alpha value is -2.62. The Morgan fingerprint density at radius 3 is 2.35 bits per heavy atom. The molecule has 0 fully saturated rings. The molecule has 4 heteroatoms. The Kier molecular flexibility index (Phi) is 2.79. The summed E-state index contributed by atoms with van der Waals surface area (Å²) in [5.74, 6) is 0. The molecule has 0 bridgehead atoms. The minimum Gasteiger partial charge on any atom is -0.306 e. The molecule has 0 saturated heterocycles. The Balaban J connectivity index is 2.50. The number of fused-ring (bicyclic) bond motifs is 1. The molecular weight excluding hydrogens is 252 g/mol. The van der Waals surface area contributed by atoms with Crippen LogP contribution in [0.2, 0.25) is 0 Å². The van der Waals surface area contributed by atoms with Crippen LogP contribution in [-0.2, 0) is 0 Å². The summed E-state index contributed by atoms with van der Waals surface area (Å²) in [5, 5.41) is 0.551. The van der Waals surface area contributed by atoms with Crippen LogP contribution in [0.1, 0.15) is 11.1 Å². The molecule has 0 aliphatic heterocycles. The first-order valence-electron chi connectivity index (χ1n) is 6.40. The third kappa shape index (κ3) is 1.77. The molecule has 0 spiro atoms. The van der Waals surface area contributed by atoms with Crippen LogP contribution in [-0.4, -0.2) is 9.55 Å².